The number of aromatic nitrogens is 3. The van der Waals surface area contributed by atoms with Crippen LogP contribution in [0.5, 0.6) is 11.5 Å². The molecule has 6 rings (SSSR count). The minimum atomic E-state index is -0.931. The average molecular weight is 562 g/mol. The molecular formula is C33H31N5O4. The molecule has 0 aliphatic carbocycles. The van der Waals surface area contributed by atoms with Crippen LogP contribution in [0.2, 0.25) is 0 Å². The summed E-state index contributed by atoms with van der Waals surface area (Å²) in [5, 5.41) is 11.4. The Morgan fingerprint density at radius 2 is 1.60 bits per heavy atom. The van der Waals surface area contributed by atoms with Crippen molar-refractivity contribution in [3.05, 3.63) is 114 Å². The Kier molecular flexibility index (Phi) is 7.55. The second-order valence-corrected chi connectivity index (χ2v) is 10.5. The molecule has 42 heavy (non-hydrogen) atoms. The zero-order valence-electron chi connectivity index (χ0n) is 23.4. The van der Waals surface area contributed by atoms with Crippen molar-refractivity contribution in [1.82, 2.24) is 19.9 Å². The van der Waals surface area contributed by atoms with Gasteiger partial charge >= 0.3 is 0 Å². The van der Waals surface area contributed by atoms with Crippen molar-refractivity contribution in [2.75, 3.05) is 12.1 Å². The molecule has 0 spiro atoms. The van der Waals surface area contributed by atoms with E-state index in [0.29, 0.717) is 34.2 Å². The lowest BCUT2D eigenvalue weighted by Gasteiger charge is -2.32. The van der Waals surface area contributed by atoms with Crippen LogP contribution in [-0.4, -0.2) is 38.5 Å². The first-order chi connectivity index (χ1) is 20.5. The van der Waals surface area contributed by atoms with Gasteiger partial charge in [0.05, 0.1) is 5.52 Å². The molecule has 2 heterocycles. The standard InChI is InChI=1S/C33H31N5O4/c1-22(2)24-12-14-25(15-13-24)32(33(40)34-26-16-17-29-30(18-26)42-21-41-29)37(19-23-8-4-3-5-9-23)31(39)20-38-28-11-7-6-10-27(28)35-36-38/h3-18,22,32H,19-21H2,1-2H3,(H,34,40)/t32-/m0/s1. The smallest absolute Gasteiger partial charge is 0.251 e. The van der Waals surface area contributed by atoms with E-state index in [4.69, 9.17) is 9.47 Å². The molecule has 1 aliphatic heterocycles. The van der Waals surface area contributed by atoms with Gasteiger partial charge in [-0.1, -0.05) is 85.8 Å². The molecule has 0 unspecified atom stereocenters. The van der Waals surface area contributed by atoms with E-state index in [1.165, 1.54) is 0 Å². The molecule has 1 aliphatic rings. The summed E-state index contributed by atoms with van der Waals surface area (Å²) < 4.78 is 12.5. The molecule has 0 radical (unpaired) electrons. The summed E-state index contributed by atoms with van der Waals surface area (Å²) in [4.78, 5) is 30.0. The maximum absolute atomic E-state index is 14.2. The first-order valence-corrected chi connectivity index (χ1v) is 13.9. The highest BCUT2D eigenvalue weighted by Crippen LogP contribution is 2.35. The quantitative estimate of drug-likeness (QED) is 0.248. The lowest BCUT2D eigenvalue weighted by molar-refractivity contribution is -0.140. The van der Waals surface area contributed by atoms with E-state index < -0.39 is 6.04 Å². The zero-order chi connectivity index (χ0) is 29.1. The van der Waals surface area contributed by atoms with Crippen LogP contribution in [0, 0.1) is 0 Å². The highest BCUT2D eigenvalue weighted by atomic mass is 16.7. The van der Waals surface area contributed by atoms with Gasteiger partial charge in [-0.15, -0.1) is 5.10 Å². The lowest BCUT2D eigenvalue weighted by atomic mass is 9.97. The van der Waals surface area contributed by atoms with Crippen LogP contribution in [-0.2, 0) is 22.7 Å². The first kappa shape index (κ1) is 27.0. The van der Waals surface area contributed by atoms with Crippen LogP contribution in [0.4, 0.5) is 5.69 Å². The Labute approximate surface area is 243 Å². The van der Waals surface area contributed by atoms with Gasteiger partial charge in [-0.2, -0.15) is 0 Å². The molecule has 0 saturated heterocycles. The normalized spacial score (nSPS) is 12.8. The minimum absolute atomic E-state index is 0.0781. The number of nitrogens with one attached hydrogen (secondary N) is 1. The number of carbonyl (C=O) groups is 2. The molecule has 1 atom stereocenters. The third-order valence-corrected chi connectivity index (χ3v) is 7.34. The number of carbonyl (C=O) groups excluding carboxylic acids is 2. The third-order valence-electron chi connectivity index (χ3n) is 7.34. The highest BCUT2D eigenvalue weighted by molar-refractivity contribution is 5.98. The zero-order valence-corrected chi connectivity index (χ0v) is 23.4. The summed E-state index contributed by atoms with van der Waals surface area (Å²) >= 11 is 0. The lowest BCUT2D eigenvalue weighted by Crippen LogP contribution is -2.42. The number of ether oxygens (including phenoxy) is 2. The van der Waals surface area contributed by atoms with Crippen molar-refractivity contribution in [3.8, 4) is 11.5 Å². The van der Waals surface area contributed by atoms with E-state index in [0.717, 1.165) is 16.6 Å². The molecule has 1 N–H and O–H groups in total. The van der Waals surface area contributed by atoms with Crippen LogP contribution >= 0.6 is 0 Å². The third kappa shape index (κ3) is 5.67. The number of hydrogen-bond acceptors (Lipinski definition) is 6. The molecule has 212 valence electrons. The summed E-state index contributed by atoms with van der Waals surface area (Å²) in [6.45, 7) is 4.51. The van der Waals surface area contributed by atoms with E-state index in [9.17, 15) is 9.59 Å². The summed E-state index contributed by atoms with van der Waals surface area (Å²) in [5.74, 6) is 0.880. The summed E-state index contributed by atoms with van der Waals surface area (Å²) in [6, 6.07) is 29.3. The Hall–Kier alpha value is -5.18. The second-order valence-electron chi connectivity index (χ2n) is 10.5. The Morgan fingerprint density at radius 3 is 2.38 bits per heavy atom. The van der Waals surface area contributed by atoms with Crippen molar-refractivity contribution in [2.45, 2.75) is 38.9 Å². The van der Waals surface area contributed by atoms with E-state index in [1.54, 1.807) is 27.8 Å². The maximum atomic E-state index is 14.2. The fraction of sp³-hybridized carbons (Fsp3) is 0.212. The van der Waals surface area contributed by atoms with E-state index >= 15 is 0 Å². The molecule has 9 nitrogen and oxygen atoms in total. The first-order valence-electron chi connectivity index (χ1n) is 13.9. The van der Waals surface area contributed by atoms with Crippen molar-refractivity contribution in [3.63, 3.8) is 0 Å². The number of hydrogen-bond donors (Lipinski definition) is 1. The van der Waals surface area contributed by atoms with Gasteiger partial charge in [-0.05, 0) is 46.9 Å². The van der Waals surface area contributed by atoms with Crippen LogP contribution < -0.4 is 14.8 Å². The molecule has 0 fully saturated rings. The van der Waals surface area contributed by atoms with Gasteiger partial charge in [-0.25, -0.2) is 4.68 Å². The summed E-state index contributed by atoms with van der Waals surface area (Å²) in [7, 11) is 0. The number of rotatable bonds is 9. The van der Waals surface area contributed by atoms with E-state index in [2.05, 4.69) is 29.5 Å². The Balaban J connectivity index is 1.39. The molecule has 5 aromatic rings. The SMILES string of the molecule is CC(C)c1ccc([C@@H](C(=O)Nc2ccc3c(c2)OCO3)N(Cc2ccccc2)C(=O)Cn2nnc3ccccc32)cc1. The monoisotopic (exact) mass is 561 g/mol. The van der Waals surface area contributed by atoms with Gasteiger partial charge in [0, 0.05) is 18.3 Å². The topological polar surface area (TPSA) is 98.6 Å². The largest absolute Gasteiger partial charge is 0.454 e. The fourth-order valence-electron chi connectivity index (χ4n) is 5.08. The average Bonchev–Trinajstić information content (AvgIpc) is 3.64. The second kappa shape index (κ2) is 11.7. The number of para-hydroxylation sites is 1. The van der Waals surface area contributed by atoms with Crippen molar-refractivity contribution < 1.29 is 19.1 Å². The molecule has 0 saturated carbocycles. The van der Waals surface area contributed by atoms with Crippen LogP contribution in [0.1, 0.15) is 42.5 Å². The number of fused-ring (bicyclic) bond motifs is 2. The minimum Gasteiger partial charge on any atom is -0.454 e. The van der Waals surface area contributed by atoms with Gasteiger partial charge in [0.15, 0.2) is 11.5 Å². The van der Waals surface area contributed by atoms with Crippen molar-refractivity contribution in [1.29, 1.82) is 0 Å². The Morgan fingerprint density at radius 1 is 0.881 bits per heavy atom. The molecule has 1 aromatic heterocycles. The molecular weight excluding hydrogens is 530 g/mol. The number of anilines is 1. The highest BCUT2D eigenvalue weighted by Gasteiger charge is 2.32. The molecule has 9 heteroatoms. The van der Waals surface area contributed by atoms with E-state index in [1.807, 2.05) is 78.9 Å². The van der Waals surface area contributed by atoms with Crippen LogP contribution in [0.25, 0.3) is 11.0 Å². The number of amides is 2. The fourth-order valence-corrected chi connectivity index (χ4v) is 5.08. The summed E-state index contributed by atoms with van der Waals surface area (Å²) in [5.41, 5.74) is 4.72. The van der Waals surface area contributed by atoms with Gasteiger partial charge in [-0.3, -0.25) is 9.59 Å². The van der Waals surface area contributed by atoms with Crippen LogP contribution in [0.15, 0.2) is 97.1 Å². The predicted octanol–water partition coefficient (Wildman–Crippen LogP) is 5.69. The number of nitrogens with zero attached hydrogens (tertiary/aromatic N) is 4. The molecule has 0 bridgehead atoms. The predicted molar refractivity (Wildman–Crippen MR) is 159 cm³/mol. The van der Waals surface area contributed by atoms with Gasteiger partial charge in [0.25, 0.3) is 5.91 Å². The summed E-state index contributed by atoms with van der Waals surface area (Å²) in [6.07, 6.45) is 0. The molecule has 2 amide bonds. The maximum Gasteiger partial charge on any atom is 0.251 e. The van der Waals surface area contributed by atoms with Gasteiger partial charge in [0.1, 0.15) is 18.1 Å². The van der Waals surface area contributed by atoms with Crippen LogP contribution in [0.3, 0.4) is 0 Å². The van der Waals surface area contributed by atoms with Gasteiger partial charge < -0.3 is 19.7 Å². The Bertz CT molecular complexity index is 1720. The number of benzene rings is 4. The molecule has 4 aromatic carbocycles. The van der Waals surface area contributed by atoms with Crippen molar-refractivity contribution in [2.24, 2.45) is 0 Å². The van der Waals surface area contributed by atoms with Crippen molar-refractivity contribution >= 4 is 28.5 Å². The van der Waals surface area contributed by atoms with E-state index in [-0.39, 0.29) is 31.7 Å². The van der Waals surface area contributed by atoms with Gasteiger partial charge in [0.2, 0.25) is 12.7 Å².